The van der Waals surface area contributed by atoms with Crippen LogP contribution in [-0.4, -0.2) is 64.8 Å². The Hall–Kier alpha value is -1.56. The third-order valence-electron chi connectivity index (χ3n) is 2.80. The van der Waals surface area contributed by atoms with Crippen LogP contribution in [0.4, 0.5) is 4.79 Å². The Bertz CT molecular complexity index is 306. The molecule has 1 fully saturated rings. The van der Waals surface area contributed by atoms with Gasteiger partial charge in [-0.3, -0.25) is 4.79 Å². The third-order valence-corrected chi connectivity index (χ3v) is 2.80. The molecule has 0 spiro atoms. The lowest BCUT2D eigenvalue weighted by molar-refractivity contribution is -0.141. The van der Waals surface area contributed by atoms with Gasteiger partial charge in [0.2, 0.25) is 0 Å². The number of carbonyl (C=O) groups is 2. The minimum atomic E-state index is -0.863. The van der Waals surface area contributed by atoms with Gasteiger partial charge in [0.1, 0.15) is 0 Å². The molecule has 17 heavy (non-hydrogen) atoms. The molecule has 1 heterocycles. The molecule has 2 amide bonds. The van der Waals surface area contributed by atoms with Crippen molar-refractivity contribution >= 4 is 12.0 Å². The Labute approximate surface area is 100 Å². The Morgan fingerprint density at radius 1 is 1.53 bits per heavy atom. The maximum Gasteiger partial charge on any atom is 0.320 e. The molecule has 1 aliphatic rings. The molecule has 0 radical (unpaired) electrons. The van der Waals surface area contributed by atoms with Gasteiger partial charge in [-0.2, -0.15) is 0 Å². The average molecular weight is 242 g/mol. The monoisotopic (exact) mass is 242 g/mol. The summed E-state index contributed by atoms with van der Waals surface area (Å²) in [7, 11) is 0. The molecular formula is C11H18N2O4. The second kappa shape index (κ2) is 6.24. The number of hydrogen-bond donors (Lipinski definition) is 2. The molecule has 96 valence electrons. The number of nitrogens with zero attached hydrogens (tertiary/aromatic N) is 2. The molecule has 2 N–H and O–H groups in total. The van der Waals surface area contributed by atoms with Crippen molar-refractivity contribution < 1.29 is 19.8 Å². The fourth-order valence-electron chi connectivity index (χ4n) is 1.88. The van der Waals surface area contributed by atoms with Crippen LogP contribution in [0.1, 0.15) is 6.42 Å². The number of carboxylic acid groups (broad SMARTS) is 1. The van der Waals surface area contributed by atoms with Crippen LogP contribution >= 0.6 is 0 Å². The molecule has 0 aromatic rings. The van der Waals surface area contributed by atoms with Gasteiger partial charge in [0.05, 0.1) is 12.5 Å². The second-order valence-corrected chi connectivity index (χ2v) is 4.01. The zero-order chi connectivity index (χ0) is 12.8. The van der Waals surface area contributed by atoms with E-state index in [1.165, 1.54) is 9.80 Å². The first kappa shape index (κ1) is 13.5. The highest BCUT2D eigenvalue weighted by atomic mass is 16.4. The van der Waals surface area contributed by atoms with E-state index in [-0.39, 0.29) is 25.7 Å². The van der Waals surface area contributed by atoms with Crippen LogP contribution < -0.4 is 0 Å². The lowest BCUT2D eigenvalue weighted by Crippen LogP contribution is -2.43. The zero-order valence-corrected chi connectivity index (χ0v) is 9.71. The zero-order valence-electron chi connectivity index (χ0n) is 9.71. The van der Waals surface area contributed by atoms with E-state index >= 15 is 0 Å². The van der Waals surface area contributed by atoms with E-state index in [0.29, 0.717) is 19.5 Å². The SMILES string of the molecule is C=CCN(CCO)C(=O)N1CCC(C(=O)O)C1. The maximum absolute atomic E-state index is 12.0. The number of hydrogen-bond acceptors (Lipinski definition) is 3. The van der Waals surface area contributed by atoms with Gasteiger partial charge in [0.15, 0.2) is 0 Å². The lowest BCUT2D eigenvalue weighted by atomic mass is 10.1. The molecule has 1 atom stereocenters. The van der Waals surface area contributed by atoms with Crippen molar-refractivity contribution in [3.63, 3.8) is 0 Å². The predicted octanol–water partition coefficient (Wildman–Crippen LogP) is -0.00680. The molecule has 0 aromatic carbocycles. The third kappa shape index (κ3) is 3.45. The molecule has 1 aliphatic heterocycles. The quantitative estimate of drug-likeness (QED) is 0.665. The first-order valence-electron chi connectivity index (χ1n) is 5.58. The highest BCUT2D eigenvalue weighted by Crippen LogP contribution is 2.17. The second-order valence-electron chi connectivity index (χ2n) is 4.01. The summed E-state index contributed by atoms with van der Waals surface area (Å²) in [6.07, 6.45) is 2.07. The van der Waals surface area contributed by atoms with Crippen molar-refractivity contribution in [2.45, 2.75) is 6.42 Å². The molecule has 6 heteroatoms. The predicted molar refractivity (Wildman–Crippen MR) is 61.6 cm³/mol. The van der Waals surface area contributed by atoms with E-state index in [2.05, 4.69) is 6.58 Å². The molecule has 1 saturated heterocycles. The topological polar surface area (TPSA) is 81.1 Å². The first-order valence-corrected chi connectivity index (χ1v) is 5.58. The summed E-state index contributed by atoms with van der Waals surface area (Å²) in [5.41, 5.74) is 0. The number of carbonyl (C=O) groups excluding carboxylic acids is 1. The summed E-state index contributed by atoms with van der Waals surface area (Å²) < 4.78 is 0. The van der Waals surface area contributed by atoms with Gasteiger partial charge in [0.25, 0.3) is 0 Å². The minimum absolute atomic E-state index is 0.115. The molecule has 6 nitrogen and oxygen atoms in total. The van der Waals surface area contributed by atoms with Crippen LogP contribution in [0, 0.1) is 5.92 Å². The van der Waals surface area contributed by atoms with Crippen LogP contribution in [0.15, 0.2) is 12.7 Å². The van der Waals surface area contributed by atoms with Gasteiger partial charge < -0.3 is 20.0 Å². The number of aliphatic hydroxyl groups is 1. The van der Waals surface area contributed by atoms with Crippen LogP contribution in [0.25, 0.3) is 0 Å². The Balaban J connectivity index is 2.56. The van der Waals surface area contributed by atoms with Gasteiger partial charge in [-0.05, 0) is 6.42 Å². The van der Waals surface area contributed by atoms with E-state index in [1.54, 1.807) is 6.08 Å². The summed E-state index contributed by atoms with van der Waals surface area (Å²) in [6, 6.07) is -0.234. The summed E-state index contributed by atoms with van der Waals surface area (Å²) in [5.74, 6) is -1.34. The number of carboxylic acids is 1. The van der Waals surface area contributed by atoms with E-state index in [4.69, 9.17) is 10.2 Å². The fourth-order valence-corrected chi connectivity index (χ4v) is 1.88. The van der Waals surface area contributed by atoms with Crippen LogP contribution in [0.3, 0.4) is 0 Å². The number of urea groups is 1. The van der Waals surface area contributed by atoms with Crippen molar-refractivity contribution in [2.75, 3.05) is 32.8 Å². The maximum atomic E-state index is 12.0. The van der Waals surface area contributed by atoms with E-state index in [0.717, 1.165) is 0 Å². The fraction of sp³-hybridized carbons (Fsp3) is 0.636. The van der Waals surface area contributed by atoms with Crippen molar-refractivity contribution in [1.82, 2.24) is 9.80 Å². The largest absolute Gasteiger partial charge is 0.481 e. The van der Waals surface area contributed by atoms with E-state index in [9.17, 15) is 9.59 Å². The summed E-state index contributed by atoms with van der Waals surface area (Å²) in [4.78, 5) is 25.7. The minimum Gasteiger partial charge on any atom is -0.481 e. The number of rotatable bonds is 5. The Morgan fingerprint density at radius 2 is 2.24 bits per heavy atom. The average Bonchev–Trinajstić information content (AvgIpc) is 2.77. The number of aliphatic carboxylic acids is 1. The summed E-state index contributed by atoms with van der Waals surface area (Å²) in [5, 5.41) is 17.7. The van der Waals surface area contributed by atoms with Crippen molar-refractivity contribution in [3.05, 3.63) is 12.7 Å². The highest BCUT2D eigenvalue weighted by Gasteiger charge is 2.32. The Kier molecular flexibility index (Phi) is 4.96. The highest BCUT2D eigenvalue weighted by molar-refractivity contribution is 5.77. The van der Waals surface area contributed by atoms with Gasteiger partial charge in [-0.25, -0.2) is 4.79 Å². The van der Waals surface area contributed by atoms with Gasteiger partial charge >= 0.3 is 12.0 Å². The van der Waals surface area contributed by atoms with Crippen molar-refractivity contribution in [2.24, 2.45) is 5.92 Å². The van der Waals surface area contributed by atoms with Gasteiger partial charge in [-0.1, -0.05) is 6.08 Å². The molecule has 0 saturated carbocycles. The molecule has 0 aromatic heterocycles. The van der Waals surface area contributed by atoms with Crippen molar-refractivity contribution in [3.8, 4) is 0 Å². The van der Waals surface area contributed by atoms with Gasteiger partial charge in [0, 0.05) is 26.2 Å². The van der Waals surface area contributed by atoms with Gasteiger partial charge in [-0.15, -0.1) is 6.58 Å². The molecule has 1 rings (SSSR count). The standard InChI is InChI=1S/C11H18N2O4/c1-2-4-12(6-7-14)11(17)13-5-3-9(8-13)10(15)16/h2,9,14H,1,3-8H2,(H,15,16). The van der Waals surface area contributed by atoms with E-state index in [1.807, 2.05) is 0 Å². The van der Waals surface area contributed by atoms with Crippen LogP contribution in [0.5, 0.6) is 0 Å². The number of amides is 2. The van der Waals surface area contributed by atoms with Crippen LogP contribution in [0.2, 0.25) is 0 Å². The normalized spacial score (nSPS) is 19.1. The Morgan fingerprint density at radius 3 is 2.71 bits per heavy atom. The summed E-state index contributed by atoms with van der Waals surface area (Å²) >= 11 is 0. The molecule has 0 bridgehead atoms. The molecular weight excluding hydrogens is 224 g/mol. The smallest absolute Gasteiger partial charge is 0.320 e. The summed E-state index contributed by atoms with van der Waals surface area (Å²) in [6.45, 7) is 4.72. The molecule has 1 unspecified atom stereocenters. The first-order chi connectivity index (χ1) is 8.10. The van der Waals surface area contributed by atoms with Crippen molar-refractivity contribution in [1.29, 1.82) is 0 Å². The number of likely N-dealkylation sites (tertiary alicyclic amines) is 1. The van der Waals surface area contributed by atoms with Crippen LogP contribution in [-0.2, 0) is 4.79 Å². The van der Waals surface area contributed by atoms with E-state index < -0.39 is 11.9 Å². The molecule has 0 aliphatic carbocycles. The number of aliphatic hydroxyl groups excluding tert-OH is 1. The lowest BCUT2D eigenvalue weighted by Gasteiger charge is -2.26.